The Morgan fingerprint density at radius 3 is 2.40 bits per heavy atom. The van der Waals surface area contributed by atoms with Crippen molar-refractivity contribution in [2.24, 2.45) is 0 Å². The van der Waals surface area contributed by atoms with Crippen LogP contribution in [0, 0.1) is 0 Å². The van der Waals surface area contributed by atoms with Gasteiger partial charge >= 0.3 is 5.97 Å². The number of carbonyl (C=O) groups excluding carboxylic acids is 1. The lowest BCUT2D eigenvalue weighted by Gasteiger charge is -2.17. The monoisotopic (exact) mass is 360 g/mol. The summed E-state index contributed by atoms with van der Waals surface area (Å²) in [5.74, 6) is -0.824. The summed E-state index contributed by atoms with van der Waals surface area (Å²) in [6.45, 7) is 3.54. The van der Waals surface area contributed by atoms with E-state index >= 15 is 0 Å². The second kappa shape index (κ2) is 12.1. The fraction of sp³-hybridized carbons (Fsp3) is 0.833. The molecule has 146 valence electrons. The molecule has 25 heavy (non-hydrogen) atoms. The Hall–Kier alpha value is -1.31. The number of unbranched alkanes of at least 4 members (excludes halogenated alkanes) is 5. The summed E-state index contributed by atoms with van der Waals surface area (Å²) < 4.78 is 15.8. The average Bonchev–Trinajstić information content (AvgIpc) is 2.91. The second-order valence-electron chi connectivity index (χ2n) is 6.22. The van der Waals surface area contributed by atoms with Gasteiger partial charge in [-0.25, -0.2) is 4.79 Å². The van der Waals surface area contributed by atoms with Crippen molar-refractivity contribution >= 4 is 5.97 Å². The molecule has 3 atom stereocenters. The van der Waals surface area contributed by atoms with Crippen LogP contribution < -0.4 is 0 Å². The highest BCUT2D eigenvalue weighted by atomic mass is 16.6. The van der Waals surface area contributed by atoms with E-state index in [1.807, 2.05) is 0 Å². The van der Waals surface area contributed by atoms with Crippen molar-refractivity contribution in [1.29, 1.82) is 0 Å². The summed E-state index contributed by atoms with van der Waals surface area (Å²) in [5, 5.41) is 28.8. The highest BCUT2D eigenvalue weighted by molar-refractivity contribution is 5.89. The molecule has 7 nitrogen and oxygen atoms in total. The Balaban J connectivity index is 2.46. The summed E-state index contributed by atoms with van der Waals surface area (Å²) in [6, 6.07) is 0. The van der Waals surface area contributed by atoms with Crippen LogP contribution in [-0.2, 0) is 19.0 Å². The SMILES string of the molecule is CCCCCCCCC(O)COC1=C(OCC)[C@@H]([C@@H](O)CO)OC1=O. The molecule has 0 saturated heterocycles. The van der Waals surface area contributed by atoms with E-state index in [9.17, 15) is 15.0 Å². The number of hydrogen-bond donors (Lipinski definition) is 3. The molecule has 7 heteroatoms. The number of aliphatic hydroxyl groups excluding tert-OH is 3. The molecule has 3 N–H and O–H groups in total. The van der Waals surface area contributed by atoms with E-state index in [4.69, 9.17) is 19.3 Å². The van der Waals surface area contributed by atoms with E-state index in [2.05, 4.69) is 6.92 Å². The summed E-state index contributed by atoms with van der Waals surface area (Å²) in [7, 11) is 0. The van der Waals surface area contributed by atoms with Gasteiger partial charge < -0.3 is 29.5 Å². The number of carbonyl (C=O) groups is 1. The zero-order chi connectivity index (χ0) is 18.7. The first-order chi connectivity index (χ1) is 12.0. The van der Waals surface area contributed by atoms with Crippen molar-refractivity contribution in [3.63, 3.8) is 0 Å². The predicted octanol–water partition coefficient (Wildman–Crippen LogP) is 1.64. The van der Waals surface area contributed by atoms with Crippen LogP contribution >= 0.6 is 0 Å². The van der Waals surface area contributed by atoms with Gasteiger partial charge in [-0.1, -0.05) is 45.4 Å². The van der Waals surface area contributed by atoms with E-state index in [1.54, 1.807) is 6.92 Å². The maximum Gasteiger partial charge on any atom is 0.378 e. The fourth-order valence-corrected chi connectivity index (χ4v) is 2.66. The molecule has 0 spiro atoms. The van der Waals surface area contributed by atoms with Crippen LogP contribution in [0.1, 0.15) is 58.8 Å². The fourth-order valence-electron chi connectivity index (χ4n) is 2.66. The summed E-state index contributed by atoms with van der Waals surface area (Å²) in [6.07, 6.45) is 4.35. The van der Waals surface area contributed by atoms with Crippen molar-refractivity contribution in [2.45, 2.75) is 77.1 Å². The average molecular weight is 360 g/mol. The van der Waals surface area contributed by atoms with Crippen LogP contribution in [0.25, 0.3) is 0 Å². The molecule has 0 saturated carbocycles. The van der Waals surface area contributed by atoms with E-state index in [0.29, 0.717) is 6.42 Å². The molecule has 1 rings (SSSR count). The topological polar surface area (TPSA) is 105 Å². The van der Waals surface area contributed by atoms with Crippen LogP contribution in [0.3, 0.4) is 0 Å². The molecule has 0 fully saturated rings. The molecule has 0 amide bonds. The van der Waals surface area contributed by atoms with Crippen molar-refractivity contribution in [2.75, 3.05) is 19.8 Å². The summed E-state index contributed by atoms with van der Waals surface area (Å²) in [4.78, 5) is 11.9. The smallest absolute Gasteiger partial charge is 0.378 e. The number of hydrogen-bond acceptors (Lipinski definition) is 7. The minimum Gasteiger partial charge on any atom is -0.490 e. The molecular weight excluding hydrogens is 328 g/mol. The van der Waals surface area contributed by atoms with Crippen molar-refractivity contribution in [1.82, 2.24) is 0 Å². The molecule has 0 aromatic rings. The predicted molar refractivity (Wildman–Crippen MR) is 91.6 cm³/mol. The molecular formula is C18H32O7. The molecule has 1 heterocycles. The number of aliphatic hydroxyl groups is 3. The number of rotatable bonds is 14. The van der Waals surface area contributed by atoms with Gasteiger partial charge in [0, 0.05) is 0 Å². The zero-order valence-electron chi connectivity index (χ0n) is 15.3. The molecule has 1 aliphatic heterocycles. The molecule has 1 aliphatic rings. The van der Waals surface area contributed by atoms with Crippen LogP contribution in [-0.4, -0.2) is 59.4 Å². The Kier molecular flexibility index (Phi) is 10.5. The van der Waals surface area contributed by atoms with Gasteiger partial charge in [-0.15, -0.1) is 0 Å². The van der Waals surface area contributed by atoms with Gasteiger partial charge in [0.25, 0.3) is 0 Å². The Labute approximate surface area is 149 Å². The highest BCUT2D eigenvalue weighted by Gasteiger charge is 2.41. The molecule has 0 aliphatic carbocycles. The van der Waals surface area contributed by atoms with Crippen molar-refractivity contribution < 1.29 is 34.3 Å². The van der Waals surface area contributed by atoms with Gasteiger partial charge in [0.2, 0.25) is 5.76 Å². The third kappa shape index (κ3) is 7.22. The van der Waals surface area contributed by atoms with Crippen molar-refractivity contribution in [3.8, 4) is 0 Å². The Morgan fingerprint density at radius 2 is 1.76 bits per heavy atom. The lowest BCUT2D eigenvalue weighted by Crippen LogP contribution is -2.32. The van der Waals surface area contributed by atoms with Gasteiger partial charge in [0.15, 0.2) is 11.9 Å². The highest BCUT2D eigenvalue weighted by Crippen LogP contribution is 2.27. The zero-order valence-corrected chi connectivity index (χ0v) is 15.3. The van der Waals surface area contributed by atoms with E-state index in [-0.39, 0.29) is 24.7 Å². The standard InChI is InChI=1S/C18H32O7/c1-3-5-6-7-8-9-10-13(20)12-24-17-16(23-4-2)15(14(21)11-19)25-18(17)22/h13-15,19-21H,3-12H2,1-2H3/t13?,14-,15+/m0/s1. The number of cyclic esters (lactones) is 1. The lowest BCUT2D eigenvalue weighted by atomic mass is 10.1. The van der Waals surface area contributed by atoms with Gasteiger partial charge in [-0.2, -0.15) is 0 Å². The first kappa shape index (κ1) is 21.7. The first-order valence-electron chi connectivity index (χ1n) is 9.22. The van der Waals surface area contributed by atoms with Crippen LogP contribution in [0.5, 0.6) is 0 Å². The summed E-state index contributed by atoms with van der Waals surface area (Å²) >= 11 is 0. The van der Waals surface area contributed by atoms with E-state index < -0.39 is 30.9 Å². The van der Waals surface area contributed by atoms with Gasteiger partial charge in [-0.05, 0) is 13.3 Å². The maximum atomic E-state index is 11.9. The quantitative estimate of drug-likeness (QED) is 0.319. The van der Waals surface area contributed by atoms with Crippen LogP contribution in [0.2, 0.25) is 0 Å². The second-order valence-corrected chi connectivity index (χ2v) is 6.22. The molecule has 0 aromatic carbocycles. The molecule has 0 bridgehead atoms. The van der Waals surface area contributed by atoms with Crippen LogP contribution in [0.4, 0.5) is 0 Å². The van der Waals surface area contributed by atoms with Crippen LogP contribution in [0.15, 0.2) is 11.5 Å². The van der Waals surface area contributed by atoms with Gasteiger partial charge in [0.05, 0.1) is 19.3 Å². The normalized spacial score (nSPS) is 19.7. The minimum atomic E-state index is -1.28. The van der Waals surface area contributed by atoms with Gasteiger partial charge in [0.1, 0.15) is 12.7 Å². The molecule has 1 unspecified atom stereocenters. The van der Waals surface area contributed by atoms with E-state index in [1.165, 1.54) is 19.3 Å². The Morgan fingerprint density at radius 1 is 1.08 bits per heavy atom. The first-order valence-corrected chi connectivity index (χ1v) is 9.22. The van der Waals surface area contributed by atoms with Gasteiger partial charge in [-0.3, -0.25) is 0 Å². The van der Waals surface area contributed by atoms with Crippen molar-refractivity contribution in [3.05, 3.63) is 11.5 Å². The lowest BCUT2D eigenvalue weighted by molar-refractivity contribution is -0.149. The minimum absolute atomic E-state index is 0.0437. The maximum absolute atomic E-state index is 11.9. The number of ether oxygens (including phenoxy) is 3. The third-order valence-electron chi connectivity index (χ3n) is 4.05. The molecule has 0 aromatic heterocycles. The Bertz CT molecular complexity index is 422. The number of esters is 1. The van der Waals surface area contributed by atoms with E-state index in [0.717, 1.165) is 19.3 Å². The largest absolute Gasteiger partial charge is 0.490 e. The molecule has 0 radical (unpaired) electrons. The third-order valence-corrected chi connectivity index (χ3v) is 4.05. The summed E-state index contributed by atoms with van der Waals surface area (Å²) in [5.41, 5.74) is 0.